The summed E-state index contributed by atoms with van der Waals surface area (Å²) in [5, 5.41) is 2.27. The highest BCUT2D eigenvalue weighted by atomic mass is 79.9. The third kappa shape index (κ3) is 7.91. The highest BCUT2D eigenvalue weighted by Gasteiger charge is 2.37. The van der Waals surface area contributed by atoms with E-state index < -0.39 is 8.32 Å². The minimum absolute atomic E-state index is 0.221. The van der Waals surface area contributed by atoms with Gasteiger partial charge in [0.15, 0.2) is 8.32 Å². The molecule has 144 valence electrons. The molecule has 1 aromatic carbocycles. The van der Waals surface area contributed by atoms with Crippen LogP contribution in [0, 0.1) is 6.92 Å². The number of halogens is 1. The lowest BCUT2D eigenvalue weighted by Crippen LogP contribution is -2.43. The third-order valence-corrected chi connectivity index (χ3v) is 10.0. The summed E-state index contributed by atoms with van der Waals surface area (Å²) in [4.78, 5) is 6.17. The smallest absolute Gasteiger partial charge is 0.192 e. The minimum Gasteiger partial charge on any atom is -0.415 e. The van der Waals surface area contributed by atoms with Gasteiger partial charge in [0.2, 0.25) is 0 Å². The van der Waals surface area contributed by atoms with E-state index in [1.807, 2.05) is 5.06 Å². The monoisotopic (exact) mass is 429 g/mol. The van der Waals surface area contributed by atoms with Crippen LogP contribution in [0.1, 0.15) is 52.7 Å². The molecular weight excluding hydrogens is 394 g/mol. The SMILES string of the molecule is Cc1cc(CN(CCO[Si](C)(C)C(C)(C)C)OC(C)(C)C)ccc1Br. The molecule has 1 rings (SSSR count). The molecule has 0 aliphatic carbocycles. The number of aryl methyl sites for hydroxylation is 1. The van der Waals surface area contributed by atoms with Gasteiger partial charge in [-0.15, -0.1) is 0 Å². The number of hydrogen-bond acceptors (Lipinski definition) is 3. The van der Waals surface area contributed by atoms with Crippen LogP contribution in [0.5, 0.6) is 0 Å². The van der Waals surface area contributed by atoms with Crippen LogP contribution in [-0.2, 0) is 15.8 Å². The Morgan fingerprint density at radius 2 is 1.68 bits per heavy atom. The van der Waals surface area contributed by atoms with Gasteiger partial charge in [-0.25, -0.2) is 0 Å². The summed E-state index contributed by atoms with van der Waals surface area (Å²) < 4.78 is 7.47. The Bertz CT molecular complexity index is 562. The number of nitrogens with zero attached hydrogens (tertiary/aromatic N) is 1. The molecule has 0 heterocycles. The van der Waals surface area contributed by atoms with Gasteiger partial charge in [-0.3, -0.25) is 4.84 Å². The van der Waals surface area contributed by atoms with Crippen molar-refractivity contribution < 1.29 is 9.26 Å². The van der Waals surface area contributed by atoms with E-state index in [-0.39, 0.29) is 10.6 Å². The van der Waals surface area contributed by atoms with Crippen molar-refractivity contribution >= 4 is 24.2 Å². The number of hydroxylamine groups is 2. The Balaban J connectivity index is 2.75. The standard InChI is InChI=1S/C20H36BrNO2Si/c1-16-14-17(10-11-18(16)21)15-22(24-19(2,3)4)12-13-23-25(8,9)20(5,6)7/h10-11,14H,12-13,15H2,1-9H3. The average Bonchev–Trinajstić information content (AvgIpc) is 2.39. The molecule has 0 radical (unpaired) electrons. The highest BCUT2D eigenvalue weighted by Crippen LogP contribution is 2.36. The molecule has 5 heteroatoms. The van der Waals surface area contributed by atoms with Crippen molar-refractivity contribution in [1.29, 1.82) is 0 Å². The summed E-state index contributed by atoms with van der Waals surface area (Å²) in [5.41, 5.74) is 2.27. The second-order valence-electron chi connectivity index (χ2n) is 9.26. The van der Waals surface area contributed by atoms with Crippen LogP contribution in [0.15, 0.2) is 22.7 Å². The predicted octanol–water partition coefficient (Wildman–Crippen LogP) is 6.31. The molecule has 25 heavy (non-hydrogen) atoms. The molecule has 0 amide bonds. The maximum atomic E-state index is 6.33. The van der Waals surface area contributed by atoms with Crippen LogP contribution >= 0.6 is 15.9 Å². The van der Waals surface area contributed by atoms with Gasteiger partial charge in [0.1, 0.15) is 0 Å². The molecule has 0 aromatic heterocycles. The number of benzene rings is 1. The number of hydrogen-bond donors (Lipinski definition) is 0. The molecule has 0 bridgehead atoms. The van der Waals surface area contributed by atoms with E-state index in [0.29, 0.717) is 6.61 Å². The van der Waals surface area contributed by atoms with E-state index in [9.17, 15) is 0 Å². The largest absolute Gasteiger partial charge is 0.415 e. The molecular formula is C20H36BrNO2Si. The van der Waals surface area contributed by atoms with Crippen molar-refractivity contribution in [1.82, 2.24) is 5.06 Å². The topological polar surface area (TPSA) is 21.7 Å². The Morgan fingerprint density at radius 1 is 1.08 bits per heavy atom. The minimum atomic E-state index is -1.73. The quantitative estimate of drug-likeness (QED) is 0.374. The lowest BCUT2D eigenvalue weighted by atomic mass is 10.1. The van der Waals surface area contributed by atoms with Gasteiger partial charge in [-0.1, -0.05) is 48.8 Å². The summed E-state index contributed by atoms with van der Waals surface area (Å²) in [7, 11) is -1.73. The lowest BCUT2D eigenvalue weighted by molar-refractivity contribution is -0.237. The van der Waals surface area contributed by atoms with Crippen LogP contribution in [0.4, 0.5) is 0 Å². The zero-order valence-corrected chi connectivity index (χ0v) is 20.1. The molecule has 0 N–H and O–H groups in total. The molecule has 0 saturated carbocycles. The predicted molar refractivity (Wildman–Crippen MR) is 113 cm³/mol. The highest BCUT2D eigenvalue weighted by molar-refractivity contribution is 9.10. The molecule has 0 saturated heterocycles. The van der Waals surface area contributed by atoms with Gasteiger partial charge in [0, 0.05) is 24.2 Å². The molecule has 0 aliphatic heterocycles. The first kappa shape index (κ1) is 22.8. The average molecular weight is 431 g/mol. The Kier molecular flexibility index (Phi) is 7.91. The van der Waals surface area contributed by atoms with Crippen LogP contribution in [0.3, 0.4) is 0 Å². The van der Waals surface area contributed by atoms with Crippen molar-refractivity contribution in [3.05, 3.63) is 33.8 Å². The maximum absolute atomic E-state index is 6.33. The summed E-state index contributed by atoms with van der Waals surface area (Å²) in [6, 6.07) is 6.45. The number of rotatable bonds is 7. The first-order valence-corrected chi connectivity index (χ1v) is 12.7. The third-order valence-electron chi connectivity index (χ3n) is 4.59. The fourth-order valence-electron chi connectivity index (χ4n) is 2.17. The molecule has 1 aromatic rings. The van der Waals surface area contributed by atoms with Gasteiger partial charge >= 0.3 is 0 Å². The van der Waals surface area contributed by atoms with Crippen LogP contribution in [0.2, 0.25) is 18.1 Å². The van der Waals surface area contributed by atoms with Crippen molar-refractivity contribution in [2.45, 2.75) is 78.7 Å². The molecule has 0 fully saturated rings. The zero-order chi connectivity index (χ0) is 19.5. The van der Waals surface area contributed by atoms with Crippen molar-refractivity contribution in [2.75, 3.05) is 13.2 Å². The Morgan fingerprint density at radius 3 is 2.16 bits per heavy atom. The normalized spacial score (nSPS) is 13.6. The van der Waals surface area contributed by atoms with Crippen molar-refractivity contribution in [3.63, 3.8) is 0 Å². The summed E-state index contributed by atoms with van der Waals surface area (Å²) in [6.07, 6.45) is 0. The van der Waals surface area contributed by atoms with Gasteiger partial charge in [-0.05, 0) is 63.0 Å². The van der Waals surface area contributed by atoms with Crippen LogP contribution < -0.4 is 0 Å². The summed E-state index contributed by atoms with van der Waals surface area (Å²) in [6.45, 7) is 22.0. The maximum Gasteiger partial charge on any atom is 0.192 e. The zero-order valence-electron chi connectivity index (χ0n) is 17.5. The second-order valence-corrected chi connectivity index (χ2v) is 14.9. The van der Waals surface area contributed by atoms with Gasteiger partial charge in [0.25, 0.3) is 0 Å². The first-order valence-electron chi connectivity index (χ1n) is 9.04. The fourth-order valence-corrected chi connectivity index (χ4v) is 3.45. The molecule has 0 atom stereocenters. The van der Waals surface area contributed by atoms with E-state index >= 15 is 0 Å². The van der Waals surface area contributed by atoms with Crippen LogP contribution in [-0.4, -0.2) is 32.1 Å². The Hall–Kier alpha value is -0.203. The van der Waals surface area contributed by atoms with E-state index in [1.165, 1.54) is 11.1 Å². The molecule has 0 aliphatic rings. The molecule has 0 unspecified atom stereocenters. The molecule has 0 spiro atoms. The fraction of sp³-hybridized carbons (Fsp3) is 0.700. The van der Waals surface area contributed by atoms with E-state index in [2.05, 4.69) is 95.7 Å². The van der Waals surface area contributed by atoms with E-state index in [4.69, 9.17) is 9.26 Å². The van der Waals surface area contributed by atoms with Gasteiger partial charge < -0.3 is 4.43 Å². The van der Waals surface area contributed by atoms with Gasteiger partial charge in [0.05, 0.1) is 5.60 Å². The van der Waals surface area contributed by atoms with Crippen molar-refractivity contribution in [2.24, 2.45) is 0 Å². The molecule has 3 nitrogen and oxygen atoms in total. The second kappa shape index (κ2) is 8.66. The first-order chi connectivity index (χ1) is 11.2. The Labute approximate surface area is 164 Å². The van der Waals surface area contributed by atoms with E-state index in [0.717, 1.165) is 17.6 Å². The van der Waals surface area contributed by atoms with Gasteiger partial charge in [-0.2, -0.15) is 5.06 Å². The lowest BCUT2D eigenvalue weighted by Gasteiger charge is -2.37. The van der Waals surface area contributed by atoms with Crippen molar-refractivity contribution in [3.8, 4) is 0 Å². The van der Waals surface area contributed by atoms with Crippen LogP contribution in [0.25, 0.3) is 0 Å². The van der Waals surface area contributed by atoms with E-state index in [1.54, 1.807) is 0 Å². The summed E-state index contributed by atoms with van der Waals surface area (Å²) in [5.74, 6) is 0. The summed E-state index contributed by atoms with van der Waals surface area (Å²) >= 11 is 3.57.